The third-order valence-electron chi connectivity index (χ3n) is 3.05. The molecule has 4 nitrogen and oxygen atoms in total. The first-order valence-electron chi connectivity index (χ1n) is 6.63. The van der Waals surface area contributed by atoms with Crippen LogP contribution in [0.5, 0.6) is 11.5 Å². The summed E-state index contributed by atoms with van der Waals surface area (Å²) in [5.41, 5.74) is 7.92. The number of aryl methyl sites for hydroxylation is 1. The van der Waals surface area contributed by atoms with Crippen LogP contribution in [0.1, 0.15) is 23.9 Å². The average molecular weight is 292 g/mol. The Labute approximate surface area is 123 Å². The van der Waals surface area contributed by atoms with Crippen LogP contribution in [0.2, 0.25) is 0 Å². The molecule has 0 aliphatic rings. The molecule has 1 aromatic carbocycles. The van der Waals surface area contributed by atoms with E-state index in [1.54, 1.807) is 25.6 Å². The third kappa shape index (κ3) is 3.11. The number of hydrogen-bond donors (Lipinski definition) is 1. The molecule has 0 saturated carbocycles. The van der Waals surface area contributed by atoms with Crippen molar-refractivity contribution in [1.82, 2.24) is 4.98 Å². The van der Waals surface area contributed by atoms with Gasteiger partial charge in [-0.1, -0.05) is 13.3 Å². The van der Waals surface area contributed by atoms with Crippen LogP contribution >= 0.6 is 11.3 Å². The number of thiazole rings is 1. The molecule has 0 spiro atoms. The Balaban J connectivity index is 2.44. The molecule has 2 aromatic rings. The number of methoxy groups -OCH3 is 2. The van der Waals surface area contributed by atoms with Crippen LogP contribution in [-0.2, 0) is 13.0 Å². The Morgan fingerprint density at radius 1 is 1.15 bits per heavy atom. The number of nitrogens with two attached hydrogens (primary N) is 1. The second-order valence-electron chi connectivity index (χ2n) is 4.44. The molecule has 0 bridgehead atoms. The van der Waals surface area contributed by atoms with Gasteiger partial charge in [0.1, 0.15) is 16.5 Å². The normalized spacial score (nSPS) is 10.6. The van der Waals surface area contributed by atoms with Crippen molar-refractivity contribution in [1.29, 1.82) is 0 Å². The summed E-state index contributed by atoms with van der Waals surface area (Å²) in [4.78, 5) is 5.88. The molecule has 108 valence electrons. The first-order chi connectivity index (χ1) is 9.71. The van der Waals surface area contributed by atoms with E-state index in [2.05, 4.69) is 6.92 Å². The number of nitrogens with zero attached hydrogens (tertiary/aromatic N) is 1. The molecule has 0 atom stereocenters. The van der Waals surface area contributed by atoms with Crippen molar-refractivity contribution in [2.45, 2.75) is 26.3 Å². The molecule has 0 saturated heterocycles. The van der Waals surface area contributed by atoms with Crippen LogP contribution in [0, 0.1) is 0 Å². The minimum absolute atomic E-state index is 0.536. The fourth-order valence-corrected chi connectivity index (χ4v) is 3.00. The summed E-state index contributed by atoms with van der Waals surface area (Å²) in [5, 5.41) is 0.964. The van der Waals surface area contributed by atoms with E-state index in [0.717, 1.165) is 45.5 Å². The topological polar surface area (TPSA) is 57.4 Å². The van der Waals surface area contributed by atoms with Gasteiger partial charge in [-0.3, -0.25) is 0 Å². The van der Waals surface area contributed by atoms with Gasteiger partial charge in [0, 0.05) is 23.1 Å². The molecule has 1 aromatic heterocycles. The zero-order valence-corrected chi connectivity index (χ0v) is 12.9. The minimum Gasteiger partial charge on any atom is -0.497 e. The lowest BCUT2D eigenvalue weighted by Gasteiger charge is -2.06. The van der Waals surface area contributed by atoms with Crippen LogP contribution in [-0.4, -0.2) is 19.2 Å². The lowest BCUT2D eigenvalue weighted by Crippen LogP contribution is -1.97. The minimum atomic E-state index is 0.536. The summed E-state index contributed by atoms with van der Waals surface area (Å²) in [6.45, 7) is 2.68. The smallest absolute Gasteiger partial charge is 0.124 e. The van der Waals surface area contributed by atoms with Crippen molar-refractivity contribution < 1.29 is 9.47 Å². The van der Waals surface area contributed by atoms with Crippen molar-refractivity contribution in [3.8, 4) is 22.1 Å². The monoisotopic (exact) mass is 292 g/mol. The molecule has 0 amide bonds. The molecule has 0 unspecified atom stereocenters. The highest BCUT2D eigenvalue weighted by Gasteiger charge is 2.12. The standard InChI is InChI=1S/C15H20N2O2S/c1-4-5-13-14(9-16)20-15(17-13)10-6-11(18-2)8-12(7-10)19-3/h6-8H,4-5,9,16H2,1-3H3. The largest absolute Gasteiger partial charge is 0.497 e. The van der Waals surface area contributed by atoms with E-state index in [0.29, 0.717) is 6.54 Å². The van der Waals surface area contributed by atoms with Gasteiger partial charge < -0.3 is 15.2 Å². The van der Waals surface area contributed by atoms with E-state index in [9.17, 15) is 0 Å². The van der Waals surface area contributed by atoms with Crippen LogP contribution < -0.4 is 15.2 Å². The Bertz CT molecular complexity index is 559. The van der Waals surface area contributed by atoms with Crippen LogP contribution in [0.4, 0.5) is 0 Å². The molecular weight excluding hydrogens is 272 g/mol. The first kappa shape index (κ1) is 14.8. The molecule has 0 fully saturated rings. The predicted octanol–water partition coefficient (Wildman–Crippen LogP) is 3.24. The summed E-state index contributed by atoms with van der Waals surface area (Å²) in [5.74, 6) is 1.53. The Kier molecular flexibility index (Phi) is 4.98. The second-order valence-corrected chi connectivity index (χ2v) is 5.53. The van der Waals surface area contributed by atoms with Gasteiger partial charge >= 0.3 is 0 Å². The van der Waals surface area contributed by atoms with Crippen molar-refractivity contribution in [3.05, 3.63) is 28.8 Å². The van der Waals surface area contributed by atoms with Crippen LogP contribution in [0.15, 0.2) is 18.2 Å². The molecular formula is C15H20N2O2S. The van der Waals surface area contributed by atoms with Gasteiger partial charge in [-0.05, 0) is 18.6 Å². The lowest BCUT2D eigenvalue weighted by atomic mass is 10.2. The summed E-state index contributed by atoms with van der Waals surface area (Å²) in [6.07, 6.45) is 2.03. The molecule has 0 radical (unpaired) electrons. The van der Waals surface area contributed by atoms with E-state index in [-0.39, 0.29) is 0 Å². The zero-order valence-electron chi connectivity index (χ0n) is 12.1. The summed E-state index contributed by atoms with van der Waals surface area (Å²) in [6, 6.07) is 5.79. The van der Waals surface area contributed by atoms with E-state index in [1.807, 2.05) is 18.2 Å². The van der Waals surface area contributed by atoms with E-state index >= 15 is 0 Å². The molecule has 20 heavy (non-hydrogen) atoms. The number of aromatic nitrogens is 1. The molecule has 2 rings (SSSR count). The van der Waals surface area contributed by atoms with Gasteiger partial charge in [-0.15, -0.1) is 11.3 Å². The van der Waals surface area contributed by atoms with Gasteiger partial charge in [0.2, 0.25) is 0 Å². The highest BCUT2D eigenvalue weighted by atomic mass is 32.1. The Hall–Kier alpha value is -1.59. The molecule has 2 N–H and O–H groups in total. The van der Waals surface area contributed by atoms with Gasteiger partial charge in [0.15, 0.2) is 0 Å². The highest BCUT2D eigenvalue weighted by Crippen LogP contribution is 2.33. The third-order valence-corrected chi connectivity index (χ3v) is 4.22. The Morgan fingerprint density at radius 3 is 2.30 bits per heavy atom. The second kappa shape index (κ2) is 6.72. The number of benzene rings is 1. The van der Waals surface area contributed by atoms with Gasteiger partial charge in [0.25, 0.3) is 0 Å². The number of rotatable bonds is 6. The summed E-state index contributed by atoms with van der Waals surface area (Å²) in [7, 11) is 3.29. The van der Waals surface area contributed by atoms with Crippen molar-refractivity contribution >= 4 is 11.3 Å². The van der Waals surface area contributed by atoms with E-state index in [4.69, 9.17) is 20.2 Å². The quantitative estimate of drug-likeness (QED) is 0.888. The molecule has 5 heteroatoms. The maximum atomic E-state index is 5.81. The lowest BCUT2D eigenvalue weighted by molar-refractivity contribution is 0.394. The van der Waals surface area contributed by atoms with Crippen molar-refractivity contribution in [2.24, 2.45) is 5.73 Å². The highest BCUT2D eigenvalue weighted by molar-refractivity contribution is 7.15. The molecule has 0 aliphatic carbocycles. The number of hydrogen-bond acceptors (Lipinski definition) is 5. The molecule has 1 heterocycles. The maximum absolute atomic E-state index is 5.81. The van der Waals surface area contributed by atoms with Gasteiger partial charge in [-0.25, -0.2) is 4.98 Å². The average Bonchev–Trinajstić information content (AvgIpc) is 2.90. The first-order valence-corrected chi connectivity index (χ1v) is 7.45. The fourth-order valence-electron chi connectivity index (χ4n) is 2.03. The maximum Gasteiger partial charge on any atom is 0.124 e. The number of ether oxygens (including phenoxy) is 2. The zero-order chi connectivity index (χ0) is 14.5. The Morgan fingerprint density at radius 2 is 1.80 bits per heavy atom. The van der Waals surface area contributed by atoms with Crippen LogP contribution in [0.3, 0.4) is 0 Å². The van der Waals surface area contributed by atoms with Crippen molar-refractivity contribution in [2.75, 3.05) is 14.2 Å². The fraction of sp³-hybridized carbons (Fsp3) is 0.400. The summed E-state index contributed by atoms with van der Waals surface area (Å²) >= 11 is 1.64. The predicted molar refractivity (Wildman–Crippen MR) is 82.5 cm³/mol. The van der Waals surface area contributed by atoms with Crippen LogP contribution in [0.25, 0.3) is 10.6 Å². The van der Waals surface area contributed by atoms with E-state index < -0.39 is 0 Å². The summed E-state index contributed by atoms with van der Waals surface area (Å²) < 4.78 is 10.6. The molecule has 0 aliphatic heterocycles. The SMILES string of the molecule is CCCc1nc(-c2cc(OC)cc(OC)c2)sc1CN. The van der Waals surface area contributed by atoms with E-state index in [1.165, 1.54) is 0 Å². The van der Waals surface area contributed by atoms with Gasteiger partial charge in [-0.2, -0.15) is 0 Å². The van der Waals surface area contributed by atoms with Crippen molar-refractivity contribution in [3.63, 3.8) is 0 Å². The van der Waals surface area contributed by atoms with Gasteiger partial charge in [0.05, 0.1) is 19.9 Å².